The van der Waals surface area contributed by atoms with Gasteiger partial charge in [-0.15, -0.1) is 0 Å². The van der Waals surface area contributed by atoms with Gasteiger partial charge in [0.1, 0.15) is 0 Å². The molecular formula is C4H4FeO4. The van der Waals surface area contributed by atoms with Crippen molar-refractivity contribution in [2.75, 3.05) is 0 Å². The van der Waals surface area contributed by atoms with Crippen molar-refractivity contribution in [1.82, 2.24) is 0 Å². The molecule has 0 aromatic carbocycles. The molecule has 9 heavy (non-hydrogen) atoms. The maximum absolute atomic E-state index is 9.61. The summed E-state index contributed by atoms with van der Waals surface area (Å²) in [6.07, 6.45) is 0. The number of carboxylic acids is 2. The standard InChI is InChI=1S/C4H6O4.Fe/c1-2(3(5)6)4(7)8;/h2H,1H3,(H,5,6)(H,7,8);/q;+2/p-2. The van der Waals surface area contributed by atoms with Crippen LogP contribution in [-0.4, -0.2) is 11.9 Å². The van der Waals surface area contributed by atoms with Gasteiger partial charge in [0, 0.05) is 17.9 Å². The Bertz CT molecular complexity index is 108. The molecule has 5 heteroatoms. The number of hydrogen-bond acceptors (Lipinski definition) is 4. The Hall–Kier alpha value is -0.541. The van der Waals surface area contributed by atoms with Gasteiger partial charge >= 0.3 is 17.1 Å². The largest absolute Gasteiger partial charge is 2.00 e. The maximum atomic E-state index is 9.61. The van der Waals surface area contributed by atoms with Crippen molar-refractivity contribution in [1.29, 1.82) is 0 Å². The van der Waals surface area contributed by atoms with E-state index in [1.807, 2.05) is 0 Å². The maximum Gasteiger partial charge on any atom is 2.00 e. The summed E-state index contributed by atoms with van der Waals surface area (Å²) in [7, 11) is 0. The molecular weight excluding hydrogens is 168 g/mol. The first-order valence-corrected chi connectivity index (χ1v) is 1.97. The molecule has 0 aliphatic carbocycles. The minimum absolute atomic E-state index is 0. The molecule has 0 spiro atoms. The van der Waals surface area contributed by atoms with E-state index in [2.05, 4.69) is 0 Å². The Kier molecular flexibility index (Phi) is 5.45. The van der Waals surface area contributed by atoms with Crippen LogP contribution in [0.25, 0.3) is 0 Å². The molecule has 4 nitrogen and oxygen atoms in total. The molecule has 0 bridgehead atoms. The van der Waals surface area contributed by atoms with E-state index in [9.17, 15) is 19.8 Å². The summed E-state index contributed by atoms with van der Waals surface area (Å²) in [6, 6.07) is 0. The summed E-state index contributed by atoms with van der Waals surface area (Å²) >= 11 is 0. The topological polar surface area (TPSA) is 80.3 Å². The second-order valence-corrected chi connectivity index (χ2v) is 1.36. The monoisotopic (exact) mass is 172 g/mol. The molecule has 0 aliphatic rings. The summed E-state index contributed by atoms with van der Waals surface area (Å²) in [6.45, 7) is 0.991. The number of hydrogen-bond donors (Lipinski definition) is 0. The van der Waals surface area contributed by atoms with Crippen LogP contribution in [0.2, 0.25) is 0 Å². The zero-order valence-electron chi connectivity index (χ0n) is 4.56. The van der Waals surface area contributed by atoms with E-state index in [-0.39, 0.29) is 17.1 Å². The average Bonchev–Trinajstić information content (AvgIpc) is 1.64. The third-order valence-electron chi connectivity index (χ3n) is 0.707. The van der Waals surface area contributed by atoms with Crippen LogP contribution < -0.4 is 10.2 Å². The van der Waals surface area contributed by atoms with Gasteiger partial charge in [0.05, 0.1) is 0 Å². The smallest absolute Gasteiger partial charge is 0.549 e. The Balaban J connectivity index is 0. The second-order valence-electron chi connectivity index (χ2n) is 1.36. The van der Waals surface area contributed by atoms with E-state index < -0.39 is 17.9 Å². The SMILES string of the molecule is CC(C(=O)[O-])C(=O)[O-].[Fe+2]. The van der Waals surface area contributed by atoms with E-state index in [0.29, 0.717) is 0 Å². The van der Waals surface area contributed by atoms with Crippen LogP contribution in [-0.2, 0) is 26.7 Å². The Morgan fingerprint density at radius 2 is 1.44 bits per heavy atom. The minimum Gasteiger partial charge on any atom is -0.549 e. The van der Waals surface area contributed by atoms with Gasteiger partial charge in [0.2, 0.25) is 0 Å². The third-order valence-corrected chi connectivity index (χ3v) is 0.707. The molecule has 52 valence electrons. The predicted octanol–water partition coefficient (Wildman–Crippen LogP) is -2.88. The molecule has 0 saturated carbocycles. The van der Waals surface area contributed by atoms with Crippen LogP contribution in [0.4, 0.5) is 0 Å². The van der Waals surface area contributed by atoms with Crippen LogP contribution in [0.1, 0.15) is 6.92 Å². The molecule has 0 aromatic rings. The number of carbonyl (C=O) groups excluding carboxylic acids is 2. The van der Waals surface area contributed by atoms with Crippen LogP contribution in [0.15, 0.2) is 0 Å². The van der Waals surface area contributed by atoms with Crippen molar-refractivity contribution in [3.8, 4) is 0 Å². The third kappa shape index (κ3) is 4.00. The van der Waals surface area contributed by atoms with Crippen molar-refractivity contribution >= 4 is 11.9 Å². The first-order valence-electron chi connectivity index (χ1n) is 1.97. The van der Waals surface area contributed by atoms with E-state index >= 15 is 0 Å². The minimum atomic E-state index is -1.62. The van der Waals surface area contributed by atoms with Crippen molar-refractivity contribution < 1.29 is 36.9 Å². The Morgan fingerprint density at radius 1 is 1.22 bits per heavy atom. The molecule has 0 heterocycles. The van der Waals surface area contributed by atoms with E-state index in [0.717, 1.165) is 6.92 Å². The first-order chi connectivity index (χ1) is 3.55. The molecule has 0 saturated heterocycles. The molecule has 0 unspecified atom stereocenters. The van der Waals surface area contributed by atoms with Gasteiger partial charge in [-0.25, -0.2) is 0 Å². The van der Waals surface area contributed by atoms with Crippen LogP contribution in [0.3, 0.4) is 0 Å². The zero-order valence-corrected chi connectivity index (χ0v) is 5.67. The van der Waals surface area contributed by atoms with E-state index in [4.69, 9.17) is 0 Å². The molecule has 0 atom stereocenters. The summed E-state index contributed by atoms with van der Waals surface area (Å²) in [5.41, 5.74) is 0. The van der Waals surface area contributed by atoms with Gasteiger partial charge in [-0.05, 0) is 0 Å². The quantitative estimate of drug-likeness (QED) is 0.331. The molecule has 0 amide bonds. The van der Waals surface area contributed by atoms with Crippen molar-refractivity contribution in [2.45, 2.75) is 6.92 Å². The van der Waals surface area contributed by atoms with E-state index in [1.54, 1.807) is 0 Å². The number of carboxylic acid groups (broad SMARTS) is 2. The Morgan fingerprint density at radius 3 is 1.44 bits per heavy atom. The Labute approximate surface area is 62.3 Å². The summed E-state index contributed by atoms with van der Waals surface area (Å²) in [5, 5.41) is 19.2. The normalized spacial score (nSPS) is 8.22. The van der Waals surface area contributed by atoms with Crippen LogP contribution in [0.5, 0.6) is 0 Å². The second kappa shape index (κ2) is 4.35. The first kappa shape index (κ1) is 11.3. The molecule has 0 N–H and O–H groups in total. The average molecular weight is 172 g/mol. The van der Waals surface area contributed by atoms with Gasteiger partial charge in [0.15, 0.2) is 0 Å². The van der Waals surface area contributed by atoms with Gasteiger partial charge in [-0.2, -0.15) is 0 Å². The zero-order chi connectivity index (χ0) is 6.73. The van der Waals surface area contributed by atoms with Gasteiger partial charge in [-0.3, -0.25) is 0 Å². The molecule has 0 fully saturated rings. The summed E-state index contributed by atoms with van der Waals surface area (Å²) in [5.74, 6) is -4.76. The van der Waals surface area contributed by atoms with Crippen molar-refractivity contribution in [2.24, 2.45) is 5.92 Å². The summed E-state index contributed by atoms with van der Waals surface area (Å²) in [4.78, 5) is 19.2. The van der Waals surface area contributed by atoms with Gasteiger partial charge in [-0.1, -0.05) is 6.92 Å². The fraction of sp³-hybridized carbons (Fsp3) is 0.500. The molecule has 0 aromatic heterocycles. The number of aliphatic carboxylic acids is 2. The van der Waals surface area contributed by atoms with E-state index in [1.165, 1.54) is 0 Å². The van der Waals surface area contributed by atoms with Crippen molar-refractivity contribution in [3.63, 3.8) is 0 Å². The predicted molar refractivity (Wildman–Crippen MR) is 19.2 cm³/mol. The van der Waals surface area contributed by atoms with Gasteiger partial charge < -0.3 is 19.8 Å². The van der Waals surface area contributed by atoms with Crippen LogP contribution >= 0.6 is 0 Å². The van der Waals surface area contributed by atoms with Crippen LogP contribution in [0, 0.1) is 5.92 Å². The molecule has 0 radical (unpaired) electrons. The fourth-order valence-corrected chi connectivity index (χ4v) is 0.0962. The summed E-state index contributed by atoms with van der Waals surface area (Å²) < 4.78 is 0. The van der Waals surface area contributed by atoms with Gasteiger partial charge in [0.25, 0.3) is 0 Å². The molecule has 0 aliphatic heterocycles. The van der Waals surface area contributed by atoms with Crippen molar-refractivity contribution in [3.05, 3.63) is 0 Å². The fourth-order valence-electron chi connectivity index (χ4n) is 0.0962. The molecule has 0 rings (SSSR count). The number of rotatable bonds is 2. The number of carbonyl (C=O) groups is 2.